The van der Waals surface area contributed by atoms with Crippen molar-refractivity contribution in [2.24, 2.45) is 5.92 Å². The Labute approximate surface area is 218 Å². The number of amides is 1. The van der Waals surface area contributed by atoms with Gasteiger partial charge in [-0.1, -0.05) is 32.0 Å². The van der Waals surface area contributed by atoms with Crippen molar-refractivity contribution in [3.63, 3.8) is 0 Å². The second-order valence-electron chi connectivity index (χ2n) is 9.22. The molecule has 3 aromatic carbocycles. The van der Waals surface area contributed by atoms with Crippen molar-refractivity contribution in [2.45, 2.75) is 37.5 Å². The van der Waals surface area contributed by atoms with Crippen LogP contribution in [-0.2, 0) is 32.3 Å². The molecule has 38 heavy (non-hydrogen) atoms. The average Bonchev–Trinajstić information content (AvgIpc) is 3.18. The molecule has 1 amide bonds. The minimum absolute atomic E-state index is 0.140. The largest absolute Gasteiger partial charge is 0.467 e. The Morgan fingerprint density at radius 3 is 2.13 bits per heavy atom. The molecule has 1 aliphatic rings. The van der Waals surface area contributed by atoms with E-state index in [-0.39, 0.29) is 29.0 Å². The normalized spacial score (nSPS) is 14.4. The molecular formula is C27H25F3N2O5S. The van der Waals surface area contributed by atoms with Crippen LogP contribution in [-0.4, -0.2) is 38.3 Å². The van der Waals surface area contributed by atoms with Gasteiger partial charge in [0.25, 0.3) is 15.9 Å². The molecule has 0 fully saturated rings. The number of benzene rings is 3. The number of methoxy groups -OCH3 is 1. The number of ether oxygens (including phenoxy) is 1. The van der Waals surface area contributed by atoms with Crippen molar-refractivity contribution in [1.82, 2.24) is 4.90 Å². The zero-order chi connectivity index (χ0) is 27.8. The molecule has 0 radical (unpaired) electrons. The van der Waals surface area contributed by atoms with Gasteiger partial charge in [0.05, 0.1) is 17.6 Å². The minimum atomic E-state index is -4.56. The lowest BCUT2D eigenvalue weighted by molar-refractivity contribution is -0.147. The number of carbonyl (C=O) groups is 2. The smallest absolute Gasteiger partial charge is 0.416 e. The number of nitrogens with zero attached hydrogens (tertiary/aromatic N) is 1. The Kier molecular flexibility index (Phi) is 7.24. The monoisotopic (exact) mass is 546 g/mol. The third-order valence-electron chi connectivity index (χ3n) is 6.31. The molecule has 0 saturated carbocycles. The first kappa shape index (κ1) is 27.2. The lowest BCUT2D eigenvalue weighted by Crippen LogP contribution is -2.45. The molecule has 4 rings (SSSR count). The number of sulfonamides is 1. The van der Waals surface area contributed by atoms with Gasteiger partial charge in [-0.15, -0.1) is 0 Å². The summed E-state index contributed by atoms with van der Waals surface area (Å²) in [7, 11) is -2.81. The highest BCUT2D eigenvalue weighted by molar-refractivity contribution is 7.92. The maximum Gasteiger partial charge on any atom is 0.416 e. The molecule has 7 nitrogen and oxygen atoms in total. The second-order valence-corrected chi connectivity index (χ2v) is 10.9. The van der Waals surface area contributed by atoms with E-state index in [1.54, 1.807) is 24.3 Å². The molecule has 1 N–H and O–H groups in total. The van der Waals surface area contributed by atoms with E-state index < -0.39 is 33.8 Å². The Morgan fingerprint density at radius 1 is 0.974 bits per heavy atom. The van der Waals surface area contributed by atoms with Gasteiger partial charge in [-0.3, -0.25) is 9.52 Å². The van der Waals surface area contributed by atoms with Crippen LogP contribution in [0.25, 0.3) is 11.1 Å². The van der Waals surface area contributed by atoms with E-state index in [0.29, 0.717) is 17.7 Å². The van der Waals surface area contributed by atoms with Crippen molar-refractivity contribution in [2.75, 3.05) is 11.8 Å². The van der Waals surface area contributed by atoms with Gasteiger partial charge < -0.3 is 9.64 Å². The van der Waals surface area contributed by atoms with Crippen LogP contribution in [0.3, 0.4) is 0 Å². The highest BCUT2D eigenvalue weighted by Gasteiger charge is 2.38. The number of anilines is 1. The van der Waals surface area contributed by atoms with Crippen LogP contribution < -0.4 is 4.72 Å². The minimum Gasteiger partial charge on any atom is -0.467 e. The molecule has 0 bridgehead atoms. The lowest BCUT2D eigenvalue weighted by atomic mass is 10.0. The summed E-state index contributed by atoms with van der Waals surface area (Å²) >= 11 is 0. The summed E-state index contributed by atoms with van der Waals surface area (Å²) in [5.41, 5.74) is 2.09. The zero-order valence-corrected chi connectivity index (χ0v) is 21.6. The molecule has 1 aliphatic heterocycles. The van der Waals surface area contributed by atoms with Crippen LogP contribution in [0, 0.1) is 5.92 Å². The molecule has 200 valence electrons. The predicted octanol–water partition coefficient (Wildman–Crippen LogP) is 5.33. The van der Waals surface area contributed by atoms with Gasteiger partial charge in [-0.05, 0) is 71.1 Å². The third-order valence-corrected chi connectivity index (χ3v) is 7.71. The number of carbonyl (C=O) groups excluding carboxylic acids is 2. The summed E-state index contributed by atoms with van der Waals surface area (Å²) in [5, 5.41) is 0. The molecule has 1 atom stereocenters. The van der Waals surface area contributed by atoms with Crippen molar-refractivity contribution in [3.05, 3.63) is 83.4 Å². The summed E-state index contributed by atoms with van der Waals surface area (Å²) in [4.78, 5) is 26.5. The SMILES string of the molecule is COC(=O)C(C(C)C)N1Cc2cc(-c3ccc(NS(=O)(=O)c4ccc(C(F)(F)F)cc4)cc3)ccc2C1=O. The van der Waals surface area contributed by atoms with Gasteiger partial charge in [0.2, 0.25) is 0 Å². The lowest BCUT2D eigenvalue weighted by Gasteiger charge is -2.28. The van der Waals surface area contributed by atoms with E-state index in [9.17, 15) is 31.2 Å². The molecular weight excluding hydrogens is 521 g/mol. The number of esters is 1. The number of fused-ring (bicyclic) bond motifs is 1. The van der Waals surface area contributed by atoms with E-state index in [4.69, 9.17) is 4.74 Å². The molecule has 11 heteroatoms. The molecule has 1 unspecified atom stereocenters. The number of halogens is 3. The summed E-state index contributed by atoms with van der Waals surface area (Å²) in [5.74, 6) is -0.863. The van der Waals surface area contributed by atoms with E-state index in [2.05, 4.69) is 4.72 Å². The molecule has 0 spiro atoms. The fraction of sp³-hybridized carbons (Fsp3) is 0.259. The summed E-state index contributed by atoms with van der Waals surface area (Å²) < 4.78 is 70.8. The van der Waals surface area contributed by atoms with Crippen molar-refractivity contribution in [3.8, 4) is 11.1 Å². The van der Waals surface area contributed by atoms with Crippen LogP contribution in [0.4, 0.5) is 18.9 Å². The van der Waals surface area contributed by atoms with Gasteiger partial charge in [-0.2, -0.15) is 13.2 Å². The maximum absolute atomic E-state index is 13.0. The maximum atomic E-state index is 13.0. The van der Waals surface area contributed by atoms with Crippen molar-refractivity contribution in [1.29, 1.82) is 0 Å². The van der Waals surface area contributed by atoms with E-state index in [0.717, 1.165) is 28.8 Å². The quantitative estimate of drug-likeness (QED) is 0.405. The zero-order valence-electron chi connectivity index (χ0n) is 20.7. The number of hydrogen-bond donors (Lipinski definition) is 1. The van der Waals surface area contributed by atoms with Gasteiger partial charge in [0.15, 0.2) is 0 Å². The van der Waals surface area contributed by atoms with Gasteiger partial charge in [0.1, 0.15) is 6.04 Å². The summed E-state index contributed by atoms with van der Waals surface area (Å²) in [6.45, 7) is 3.94. The van der Waals surface area contributed by atoms with Gasteiger partial charge in [0, 0.05) is 17.8 Å². The highest BCUT2D eigenvalue weighted by Crippen LogP contribution is 2.33. The number of rotatable bonds is 7. The molecule has 0 aromatic heterocycles. The topological polar surface area (TPSA) is 92.8 Å². The summed E-state index contributed by atoms with van der Waals surface area (Å²) in [6, 6.07) is 14.3. The number of nitrogens with one attached hydrogen (secondary N) is 1. The van der Waals surface area contributed by atoms with E-state index in [1.807, 2.05) is 19.9 Å². The number of hydrogen-bond acceptors (Lipinski definition) is 5. The van der Waals surface area contributed by atoms with E-state index >= 15 is 0 Å². The van der Waals surface area contributed by atoms with Crippen molar-refractivity contribution < 1.29 is 35.9 Å². The van der Waals surface area contributed by atoms with E-state index in [1.165, 1.54) is 24.1 Å². The van der Waals surface area contributed by atoms with Crippen LogP contribution in [0.1, 0.15) is 35.3 Å². The second kappa shape index (κ2) is 10.1. The Hall–Kier alpha value is -3.86. The number of alkyl halides is 3. The average molecular weight is 547 g/mol. The van der Waals surface area contributed by atoms with Crippen molar-refractivity contribution >= 4 is 27.6 Å². The van der Waals surface area contributed by atoms with Crippen LogP contribution in [0.2, 0.25) is 0 Å². The highest BCUT2D eigenvalue weighted by atomic mass is 32.2. The van der Waals surface area contributed by atoms with Crippen LogP contribution in [0.15, 0.2) is 71.6 Å². The fourth-order valence-corrected chi connectivity index (χ4v) is 5.45. The first-order valence-electron chi connectivity index (χ1n) is 11.6. The fourth-order valence-electron chi connectivity index (χ4n) is 4.40. The molecule has 3 aromatic rings. The van der Waals surface area contributed by atoms with Gasteiger partial charge in [-0.25, -0.2) is 13.2 Å². The Bertz CT molecular complexity index is 1470. The first-order chi connectivity index (χ1) is 17.8. The van der Waals surface area contributed by atoms with Crippen LogP contribution >= 0.6 is 0 Å². The molecule has 0 aliphatic carbocycles. The van der Waals surface area contributed by atoms with Crippen LogP contribution in [0.5, 0.6) is 0 Å². The molecule has 1 heterocycles. The van der Waals surface area contributed by atoms with Gasteiger partial charge >= 0.3 is 12.1 Å². The summed E-state index contributed by atoms with van der Waals surface area (Å²) in [6.07, 6.45) is -4.56. The first-order valence-corrected chi connectivity index (χ1v) is 13.1. The Morgan fingerprint density at radius 2 is 1.58 bits per heavy atom. The predicted molar refractivity (Wildman–Crippen MR) is 135 cm³/mol. The standard InChI is InChI=1S/C27H25F3N2O5S/c1-16(2)24(26(34)37-3)32-15-19-14-18(6-13-23(19)25(32)33)17-4-9-21(10-5-17)31-38(35,36)22-11-7-20(8-12-22)27(28,29)30/h4-14,16,24,31H,15H2,1-3H3. The molecule has 0 saturated heterocycles. The third kappa shape index (κ3) is 5.38. The Balaban J connectivity index is 1.51.